The van der Waals surface area contributed by atoms with E-state index < -0.39 is 17.4 Å². The lowest BCUT2D eigenvalue weighted by Crippen LogP contribution is -2.47. The fourth-order valence-corrected chi connectivity index (χ4v) is 2.75. The van der Waals surface area contributed by atoms with Gasteiger partial charge in [0.15, 0.2) is 5.78 Å². The number of carbonyl (C=O) groups excluding carboxylic acids is 1. The Labute approximate surface area is 101 Å². The molecule has 6 heteroatoms. The van der Waals surface area contributed by atoms with E-state index in [2.05, 4.69) is 5.32 Å². The fraction of sp³-hybridized carbons (Fsp3) is 0.545. The van der Waals surface area contributed by atoms with Gasteiger partial charge >= 0.3 is 6.18 Å². The van der Waals surface area contributed by atoms with Gasteiger partial charge in [0.2, 0.25) is 0 Å². The summed E-state index contributed by atoms with van der Waals surface area (Å²) in [5.74, 6) is -0.728. The molecule has 2 rings (SSSR count). The van der Waals surface area contributed by atoms with Crippen LogP contribution in [0.15, 0.2) is 16.8 Å². The van der Waals surface area contributed by atoms with Crippen molar-refractivity contribution >= 4 is 17.1 Å². The lowest BCUT2D eigenvalue weighted by molar-refractivity contribution is -0.214. The van der Waals surface area contributed by atoms with Crippen molar-refractivity contribution in [1.82, 2.24) is 5.32 Å². The van der Waals surface area contributed by atoms with E-state index in [1.165, 1.54) is 11.3 Å². The van der Waals surface area contributed by atoms with Crippen molar-refractivity contribution in [2.75, 3.05) is 13.1 Å². The second kappa shape index (κ2) is 4.42. The van der Waals surface area contributed by atoms with Gasteiger partial charge in [0, 0.05) is 13.0 Å². The van der Waals surface area contributed by atoms with E-state index in [9.17, 15) is 18.0 Å². The Kier molecular flexibility index (Phi) is 3.27. The molecule has 0 spiro atoms. The van der Waals surface area contributed by atoms with Crippen LogP contribution in [0.2, 0.25) is 0 Å². The minimum absolute atomic E-state index is 0.134. The summed E-state index contributed by atoms with van der Waals surface area (Å²) in [7, 11) is 0. The molecule has 94 valence electrons. The van der Waals surface area contributed by atoms with Crippen LogP contribution in [-0.4, -0.2) is 25.0 Å². The predicted octanol–water partition coefficient (Wildman–Crippen LogP) is 2.40. The second-order valence-electron chi connectivity index (χ2n) is 4.24. The molecule has 2 heterocycles. The van der Waals surface area contributed by atoms with Gasteiger partial charge in [0.1, 0.15) is 5.41 Å². The quantitative estimate of drug-likeness (QED) is 0.907. The second-order valence-corrected chi connectivity index (χ2v) is 5.02. The zero-order valence-corrected chi connectivity index (χ0v) is 9.83. The summed E-state index contributed by atoms with van der Waals surface area (Å²) in [4.78, 5) is 11.9. The number of alkyl halides is 3. The average Bonchev–Trinajstić information content (AvgIpc) is 2.85. The summed E-state index contributed by atoms with van der Waals surface area (Å²) in [5.41, 5.74) is -1.52. The monoisotopic (exact) mass is 263 g/mol. The lowest BCUT2D eigenvalue weighted by Gasteiger charge is -2.29. The molecule has 0 bridgehead atoms. The van der Waals surface area contributed by atoms with Gasteiger partial charge in [-0.25, -0.2) is 0 Å². The summed E-state index contributed by atoms with van der Waals surface area (Å²) in [5, 5.41) is 6.11. The number of carbonyl (C=O) groups is 1. The van der Waals surface area contributed by atoms with Crippen LogP contribution in [0.3, 0.4) is 0 Å². The molecule has 0 saturated carbocycles. The third-order valence-corrected chi connectivity index (χ3v) is 3.91. The average molecular weight is 263 g/mol. The molecule has 0 aromatic carbocycles. The molecule has 0 aliphatic carbocycles. The van der Waals surface area contributed by atoms with E-state index in [0.717, 1.165) is 0 Å². The zero-order chi connectivity index (χ0) is 12.5. The van der Waals surface area contributed by atoms with Crippen LogP contribution in [0.25, 0.3) is 0 Å². The Morgan fingerprint density at radius 3 is 2.76 bits per heavy atom. The first-order chi connectivity index (χ1) is 7.96. The topological polar surface area (TPSA) is 29.1 Å². The van der Waals surface area contributed by atoms with E-state index in [1.54, 1.807) is 16.8 Å². The van der Waals surface area contributed by atoms with Crippen molar-refractivity contribution in [2.45, 2.75) is 19.0 Å². The van der Waals surface area contributed by atoms with Crippen molar-refractivity contribution in [1.29, 1.82) is 0 Å². The molecule has 1 aliphatic rings. The number of hydrogen-bond donors (Lipinski definition) is 1. The smallest absolute Gasteiger partial charge is 0.315 e. The molecule has 0 radical (unpaired) electrons. The Bertz CT molecular complexity index is 393. The molecular formula is C11H12F3NOS. The third-order valence-electron chi connectivity index (χ3n) is 3.18. The maximum Gasteiger partial charge on any atom is 0.402 e. The number of ketones is 1. The lowest BCUT2D eigenvalue weighted by atomic mass is 9.79. The van der Waals surface area contributed by atoms with Gasteiger partial charge in [0.25, 0.3) is 0 Å². The maximum atomic E-state index is 13.0. The van der Waals surface area contributed by atoms with E-state index in [-0.39, 0.29) is 25.9 Å². The number of rotatable bonds is 3. The largest absolute Gasteiger partial charge is 0.402 e. The highest BCUT2D eigenvalue weighted by Gasteiger charge is 2.60. The van der Waals surface area contributed by atoms with Crippen LogP contribution in [0.5, 0.6) is 0 Å². The molecule has 1 aromatic heterocycles. The first kappa shape index (κ1) is 12.6. The molecule has 0 amide bonds. The summed E-state index contributed by atoms with van der Waals surface area (Å²) in [6, 6.07) is 1.69. The highest BCUT2D eigenvalue weighted by Crippen LogP contribution is 2.44. The first-order valence-electron chi connectivity index (χ1n) is 5.27. The van der Waals surface area contributed by atoms with E-state index >= 15 is 0 Å². The molecular weight excluding hydrogens is 251 g/mol. The highest BCUT2D eigenvalue weighted by molar-refractivity contribution is 7.08. The van der Waals surface area contributed by atoms with Crippen LogP contribution in [0.4, 0.5) is 13.2 Å². The van der Waals surface area contributed by atoms with Crippen LogP contribution in [0.1, 0.15) is 12.0 Å². The van der Waals surface area contributed by atoms with Crippen LogP contribution in [0, 0.1) is 5.41 Å². The zero-order valence-electron chi connectivity index (χ0n) is 9.01. The van der Waals surface area contributed by atoms with Gasteiger partial charge < -0.3 is 5.32 Å². The van der Waals surface area contributed by atoms with Crippen molar-refractivity contribution in [3.05, 3.63) is 22.4 Å². The van der Waals surface area contributed by atoms with Crippen LogP contribution >= 0.6 is 11.3 Å². The van der Waals surface area contributed by atoms with E-state index in [0.29, 0.717) is 5.56 Å². The highest BCUT2D eigenvalue weighted by atomic mass is 32.1. The summed E-state index contributed by atoms with van der Waals surface area (Å²) >= 11 is 1.38. The fourth-order valence-electron chi connectivity index (χ4n) is 2.08. The minimum atomic E-state index is -4.47. The number of nitrogens with one attached hydrogen (secondary N) is 1. The molecule has 2 nitrogen and oxygen atoms in total. The van der Waals surface area contributed by atoms with Crippen molar-refractivity contribution in [2.24, 2.45) is 5.41 Å². The molecule has 1 saturated heterocycles. The predicted molar refractivity (Wildman–Crippen MR) is 59.0 cm³/mol. The van der Waals surface area contributed by atoms with Gasteiger partial charge in [-0.15, -0.1) is 0 Å². The number of thiophene rings is 1. The maximum absolute atomic E-state index is 13.0. The molecule has 1 aliphatic heterocycles. The van der Waals surface area contributed by atoms with Gasteiger partial charge in [0.05, 0.1) is 0 Å². The van der Waals surface area contributed by atoms with E-state index in [1.807, 2.05) is 0 Å². The standard InChI is InChI=1S/C11H12F3NOS/c12-11(13,14)10(2-3-15-7-10)9(16)5-8-1-4-17-6-8/h1,4,6,15H,2-3,5,7H2. The van der Waals surface area contributed by atoms with Crippen LogP contribution in [-0.2, 0) is 11.2 Å². The third kappa shape index (κ3) is 2.24. The molecule has 17 heavy (non-hydrogen) atoms. The Morgan fingerprint density at radius 2 is 2.29 bits per heavy atom. The number of Topliss-reactive ketones (excluding diaryl/α,β-unsaturated/α-hetero) is 1. The van der Waals surface area contributed by atoms with Gasteiger partial charge in [-0.2, -0.15) is 24.5 Å². The van der Waals surface area contributed by atoms with Gasteiger partial charge in [-0.1, -0.05) is 0 Å². The normalized spacial score (nSPS) is 25.1. The van der Waals surface area contributed by atoms with Gasteiger partial charge in [-0.05, 0) is 35.4 Å². The molecule has 1 unspecified atom stereocenters. The summed E-state index contributed by atoms with van der Waals surface area (Å²) < 4.78 is 39.1. The van der Waals surface area contributed by atoms with Crippen LogP contribution < -0.4 is 5.32 Å². The Hall–Kier alpha value is -0.880. The van der Waals surface area contributed by atoms with Crippen molar-refractivity contribution in [3.8, 4) is 0 Å². The molecule has 1 N–H and O–H groups in total. The molecule has 1 fully saturated rings. The molecule has 1 atom stereocenters. The molecule has 1 aromatic rings. The Balaban J connectivity index is 2.20. The Morgan fingerprint density at radius 1 is 1.53 bits per heavy atom. The number of halogens is 3. The number of hydrogen-bond acceptors (Lipinski definition) is 3. The summed E-state index contributed by atoms with van der Waals surface area (Å²) in [6.45, 7) is -0.0473. The van der Waals surface area contributed by atoms with Crippen molar-refractivity contribution in [3.63, 3.8) is 0 Å². The van der Waals surface area contributed by atoms with E-state index in [4.69, 9.17) is 0 Å². The SMILES string of the molecule is O=C(Cc1ccsc1)C1(C(F)(F)F)CCNC1. The van der Waals surface area contributed by atoms with Gasteiger partial charge in [-0.3, -0.25) is 4.79 Å². The minimum Gasteiger partial charge on any atom is -0.315 e. The first-order valence-corrected chi connectivity index (χ1v) is 6.22. The van der Waals surface area contributed by atoms with Crippen molar-refractivity contribution < 1.29 is 18.0 Å². The summed E-state index contributed by atoms with van der Waals surface area (Å²) in [6.07, 6.45) is -4.76.